The van der Waals surface area contributed by atoms with Gasteiger partial charge in [0.15, 0.2) is 0 Å². The summed E-state index contributed by atoms with van der Waals surface area (Å²) < 4.78 is 20.0. The zero-order valence-electron chi connectivity index (χ0n) is 15.4. The summed E-state index contributed by atoms with van der Waals surface area (Å²) in [6.07, 6.45) is -0.0661. The van der Waals surface area contributed by atoms with Crippen LogP contribution in [0, 0.1) is 5.82 Å². The van der Waals surface area contributed by atoms with Crippen molar-refractivity contribution in [3.8, 4) is 5.75 Å². The van der Waals surface area contributed by atoms with E-state index in [1.807, 2.05) is 30.0 Å². The lowest BCUT2D eigenvalue weighted by Gasteiger charge is -2.35. The van der Waals surface area contributed by atoms with Crippen LogP contribution < -0.4 is 9.64 Å². The second-order valence-electron chi connectivity index (χ2n) is 6.41. The van der Waals surface area contributed by atoms with Gasteiger partial charge < -0.3 is 14.7 Å². The molecule has 0 amide bonds. The summed E-state index contributed by atoms with van der Waals surface area (Å²) in [4.78, 5) is 19.3. The van der Waals surface area contributed by atoms with Gasteiger partial charge in [0.25, 0.3) is 0 Å². The first-order valence-electron chi connectivity index (χ1n) is 8.96. The summed E-state index contributed by atoms with van der Waals surface area (Å²) in [6, 6.07) is 10.3. The summed E-state index contributed by atoms with van der Waals surface area (Å²) in [5.41, 5.74) is 1.51. The molecule has 9 heteroatoms. The van der Waals surface area contributed by atoms with Crippen molar-refractivity contribution >= 4 is 62.2 Å². The Labute approximate surface area is 180 Å². The van der Waals surface area contributed by atoms with Gasteiger partial charge in [0.1, 0.15) is 16.6 Å². The Morgan fingerprint density at radius 2 is 2.17 bits per heavy atom. The van der Waals surface area contributed by atoms with Crippen molar-refractivity contribution < 1.29 is 19.0 Å². The minimum Gasteiger partial charge on any atom is -0.494 e. The molecule has 150 valence electrons. The maximum atomic E-state index is 13.5. The minimum atomic E-state index is -0.898. The summed E-state index contributed by atoms with van der Waals surface area (Å²) in [6.45, 7) is 2.86. The van der Waals surface area contributed by atoms with Gasteiger partial charge in [-0.1, -0.05) is 12.2 Å². The van der Waals surface area contributed by atoms with Gasteiger partial charge in [0.2, 0.25) is 0 Å². The van der Waals surface area contributed by atoms with E-state index in [0.717, 1.165) is 26.0 Å². The van der Waals surface area contributed by atoms with Crippen LogP contribution >= 0.6 is 35.3 Å². The lowest BCUT2D eigenvalue weighted by atomic mass is 10.2. The number of halogens is 1. The van der Waals surface area contributed by atoms with Gasteiger partial charge in [0, 0.05) is 11.0 Å². The number of hydrogen-bond acceptors (Lipinski definition) is 6. The lowest BCUT2D eigenvalue weighted by Crippen LogP contribution is -2.40. The van der Waals surface area contributed by atoms with Crippen molar-refractivity contribution in [1.82, 2.24) is 4.98 Å². The van der Waals surface area contributed by atoms with Crippen LogP contribution in [-0.2, 0) is 11.3 Å². The Morgan fingerprint density at radius 1 is 1.34 bits per heavy atom. The fourth-order valence-electron chi connectivity index (χ4n) is 3.17. The van der Waals surface area contributed by atoms with E-state index in [-0.39, 0.29) is 17.5 Å². The monoisotopic (exact) mass is 448 g/mol. The molecule has 1 aromatic heterocycles. The SMILES string of the molecule is CCOc1ccc2c(c1)SC(CC(=O)O)C(=S)N2Cc1nc2cc(F)ccc2s1. The van der Waals surface area contributed by atoms with Gasteiger partial charge in [-0.2, -0.15) is 0 Å². The summed E-state index contributed by atoms with van der Waals surface area (Å²) in [7, 11) is 0. The molecule has 1 atom stereocenters. The number of aromatic nitrogens is 1. The molecule has 0 bridgehead atoms. The zero-order chi connectivity index (χ0) is 20.5. The van der Waals surface area contributed by atoms with Crippen LogP contribution in [0.15, 0.2) is 41.3 Å². The molecule has 1 aliphatic heterocycles. The summed E-state index contributed by atoms with van der Waals surface area (Å²) in [5.74, 6) is -0.490. The van der Waals surface area contributed by atoms with Crippen molar-refractivity contribution in [3.05, 3.63) is 47.2 Å². The highest BCUT2D eigenvalue weighted by molar-refractivity contribution is 8.02. The number of thioether (sulfide) groups is 1. The van der Waals surface area contributed by atoms with Crippen molar-refractivity contribution in [1.29, 1.82) is 0 Å². The first-order valence-corrected chi connectivity index (χ1v) is 11.1. The van der Waals surface area contributed by atoms with Crippen LogP contribution in [0.5, 0.6) is 5.75 Å². The Balaban J connectivity index is 1.71. The van der Waals surface area contributed by atoms with E-state index in [9.17, 15) is 14.3 Å². The van der Waals surface area contributed by atoms with Crippen molar-refractivity contribution in [2.75, 3.05) is 11.5 Å². The molecule has 0 saturated carbocycles. The van der Waals surface area contributed by atoms with Crippen molar-refractivity contribution in [2.45, 2.75) is 30.0 Å². The normalized spacial score (nSPS) is 16.1. The quantitative estimate of drug-likeness (QED) is 0.525. The molecule has 2 aromatic carbocycles. The van der Waals surface area contributed by atoms with Crippen LogP contribution in [0.3, 0.4) is 0 Å². The standard InChI is InChI=1S/C20H17FN2O3S3/c1-2-26-12-4-5-14-16(8-12)28-17(9-19(24)25)20(27)23(14)10-18-22-13-7-11(21)3-6-15(13)29-18/h3-8,17H,2,9-10H2,1H3,(H,24,25). The molecule has 4 rings (SSSR count). The number of benzene rings is 2. The molecule has 3 aromatic rings. The third-order valence-corrected chi connectivity index (χ3v) is 7.32. The Hall–Kier alpha value is -2.23. The highest BCUT2D eigenvalue weighted by atomic mass is 32.2. The average molecular weight is 449 g/mol. The first kappa shape index (κ1) is 20.1. The molecular formula is C20H17FN2O3S3. The van der Waals surface area contributed by atoms with E-state index < -0.39 is 5.97 Å². The minimum absolute atomic E-state index is 0.0661. The van der Waals surface area contributed by atoms with E-state index in [4.69, 9.17) is 17.0 Å². The van der Waals surface area contributed by atoms with Crippen LogP contribution in [0.4, 0.5) is 10.1 Å². The van der Waals surface area contributed by atoms with E-state index in [1.54, 1.807) is 6.07 Å². The van der Waals surface area contributed by atoms with Gasteiger partial charge in [0.05, 0.1) is 45.7 Å². The highest BCUT2D eigenvalue weighted by Crippen LogP contribution is 2.43. The predicted molar refractivity (Wildman–Crippen MR) is 118 cm³/mol. The van der Waals surface area contributed by atoms with Gasteiger partial charge in [-0.15, -0.1) is 23.1 Å². The number of aliphatic carboxylic acids is 1. The molecule has 0 spiro atoms. The molecule has 0 saturated heterocycles. The van der Waals surface area contributed by atoms with Crippen LogP contribution in [0.1, 0.15) is 18.4 Å². The third-order valence-electron chi connectivity index (χ3n) is 4.39. The fourth-order valence-corrected chi connectivity index (χ4v) is 5.74. The number of nitrogens with zero attached hydrogens (tertiary/aromatic N) is 2. The number of hydrogen-bond donors (Lipinski definition) is 1. The molecule has 0 aliphatic carbocycles. The van der Waals surface area contributed by atoms with Gasteiger partial charge in [-0.3, -0.25) is 4.79 Å². The van der Waals surface area contributed by atoms with Crippen molar-refractivity contribution in [3.63, 3.8) is 0 Å². The molecule has 0 radical (unpaired) electrons. The second kappa shape index (κ2) is 8.25. The predicted octanol–water partition coefficient (Wildman–Crippen LogP) is 5.12. The van der Waals surface area contributed by atoms with Crippen molar-refractivity contribution in [2.24, 2.45) is 0 Å². The molecule has 1 N–H and O–H groups in total. The van der Waals surface area contributed by atoms with Crippen LogP contribution in [0.25, 0.3) is 10.2 Å². The molecule has 2 heterocycles. The van der Waals surface area contributed by atoms with Crippen LogP contribution in [-0.4, -0.2) is 32.9 Å². The lowest BCUT2D eigenvalue weighted by molar-refractivity contribution is -0.136. The number of thiazole rings is 1. The largest absolute Gasteiger partial charge is 0.494 e. The van der Waals surface area contributed by atoms with Gasteiger partial charge >= 0.3 is 5.97 Å². The number of rotatable bonds is 6. The smallest absolute Gasteiger partial charge is 0.304 e. The van der Waals surface area contributed by atoms with E-state index in [2.05, 4.69) is 4.98 Å². The maximum absolute atomic E-state index is 13.5. The van der Waals surface area contributed by atoms with E-state index in [0.29, 0.717) is 23.7 Å². The molecule has 1 aliphatic rings. The van der Waals surface area contributed by atoms with Crippen LogP contribution in [0.2, 0.25) is 0 Å². The average Bonchev–Trinajstić information content (AvgIpc) is 3.06. The molecule has 0 fully saturated rings. The molecule has 29 heavy (non-hydrogen) atoms. The fraction of sp³-hybridized carbons (Fsp3) is 0.250. The number of carboxylic acid groups (broad SMARTS) is 1. The Kier molecular flexibility index (Phi) is 5.71. The number of carboxylic acids is 1. The summed E-state index contributed by atoms with van der Waals surface area (Å²) >= 11 is 8.58. The number of ether oxygens (including phenoxy) is 1. The van der Waals surface area contributed by atoms with E-state index in [1.165, 1.54) is 35.2 Å². The zero-order valence-corrected chi connectivity index (χ0v) is 17.9. The number of carbonyl (C=O) groups is 1. The highest BCUT2D eigenvalue weighted by Gasteiger charge is 2.32. The summed E-state index contributed by atoms with van der Waals surface area (Å²) in [5, 5.41) is 9.73. The third kappa shape index (κ3) is 4.22. The molecule has 5 nitrogen and oxygen atoms in total. The van der Waals surface area contributed by atoms with Gasteiger partial charge in [-0.25, -0.2) is 9.37 Å². The topological polar surface area (TPSA) is 62.7 Å². The number of thiocarbonyl (C=S) groups is 1. The van der Waals surface area contributed by atoms with Gasteiger partial charge in [-0.05, 0) is 37.3 Å². The maximum Gasteiger partial charge on any atom is 0.304 e. The molecular weight excluding hydrogens is 431 g/mol. The van der Waals surface area contributed by atoms with E-state index >= 15 is 0 Å². The number of anilines is 1. The first-order chi connectivity index (χ1) is 13.9. The Morgan fingerprint density at radius 3 is 2.93 bits per heavy atom. The Bertz CT molecular complexity index is 1100. The second-order valence-corrected chi connectivity index (χ2v) is 9.19. The molecule has 1 unspecified atom stereocenters. The number of fused-ring (bicyclic) bond motifs is 2.